The summed E-state index contributed by atoms with van der Waals surface area (Å²) in [4.78, 5) is 29.9. The molecular formula is C23H21N3O4. The number of carbonyl (C=O) groups excluding carboxylic acids is 2. The number of hydrogen-bond donors (Lipinski definition) is 0. The van der Waals surface area contributed by atoms with Crippen LogP contribution in [0.3, 0.4) is 0 Å². The molecule has 7 nitrogen and oxygen atoms in total. The Labute approximate surface area is 174 Å². The lowest BCUT2D eigenvalue weighted by molar-refractivity contribution is -0.121. The molecular weight excluding hydrogens is 382 g/mol. The van der Waals surface area contributed by atoms with E-state index in [0.29, 0.717) is 66.7 Å². The molecule has 0 saturated carbocycles. The van der Waals surface area contributed by atoms with Gasteiger partial charge in [-0.15, -0.1) is 0 Å². The van der Waals surface area contributed by atoms with Crippen molar-refractivity contribution in [2.45, 2.75) is 6.92 Å². The first kappa shape index (κ1) is 19.7. The van der Waals surface area contributed by atoms with Crippen LogP contribution in [0.15, 0.2) is 54.2 Å². The normalized spacial score (nSPS) is 16.8. The van der Waals surface area contributed by atoms with Crippen LogP contribution in [0.25, 0.3) is 5.57 Å². The fraction of sp³-hybridized carbons (Fsp3) is 0.261. The maximum Gasteiger partial charge on any atom is 0.282 e. The molecule has 2 aliphatic rings. The SMILES string of the molecule is CCOc1ccc(C2=C(N3CCOCC3)C(=O)N(c3ccc(C#N)cc3)C2=O)cc1. The Balaban J connectivity index is 1.76. The van der Waals surface area contributed by atoms with Gasteiger partial charge in [-0.1, -0.05) is 12.1 Å². The van der Waals surface area contributed by atoms with Crippen molar-refractivity contribution < 1.29 is 19.1 Å². The fourth-order valence-electron chi connectivity index (χ4n) is 3.66. The lowest BCUT2D eigenvalue weighted by atomic mass is 10.0. The summed E-state index contributed by atoms with van der Waals surface area (Å²) in [6.07, 6.45) is 0. The summed E-state index contributed by atoms with van der Waals surface area (Å²) in [5, 5.41) is 9.03. The van der Waals surface area contributed by atoms with Crippen LogP contribution in [0.2, 0.25) is 0 Å². The molecule has 30 heavy (non-hydrogen) atoms. The molecule has 2 aliphatic heterocycles. The standard InChI is InChI=1S/C23H21N3O4/c1-2-30-19-9-5-17(6-10-19)20-21(25-11-13-29-14-12-25)23(28)26(22(20)27)18-7-3-16(15-24)4-8-18/h3-10H,2,11-14H2,1H3. The second kappa shape index (κ2) is 8.39. The van der Waals surface area contributed by atoms with Crippen molar-refractivity contribution >= 4 is 23.1 Å². The first-order valence-electron chi connectivity index (χ1n) is 9.83. The molecule has 2 aromatic rings. The molecule has 1 saturated heterocycles. The minimum atomic E-state index is -0.379. The fourth-order valence-corrected chi connectivity index (χ4v) is 3.66. The summed E-state index contributed by atoms with van der Waals surface area (Å²) < 4.78 is 10.9. The van der Waals surface area contributed by atoms with Gasteiger partial charge in [0.05, 0.1) is 42.7 Å². The number of ether oxygens (including phenoxy) is 2. The van der Waals surface area contributed by atoms with E-state index in [4.69, 9.17) is 14.7 Å². The molecule has 0 unspecified atom stereocenters. The molecule has 7 heteroatoms. The predicted molar refractivity (Wildman–Crippen MR) is 111 cm³/mol. The van der Waals surface area contributed by atoms with E-state index in [9.17, 15) is 9.59 Å². The van der Waals surface area contributed by atoms with Crippen molar-refractivity contribution in [3.63, 3.8) is 0 Å². The topological polar surface area (TPSA) is 82.9 Å². The van der Waals surface area contributed by atoms with Crippen LogP contribution in [0.4, 0.5) is 5.69 Å². The molecule has 1 fully saturated rings. The highest BCUT2D eigenvalue weighted by atomic mass is 16.5. The van der Waals surface area contributed by atoms with Crippen molar-refractivity contribution in [3.05, 3.63) is 65.4 Å². The number of hydrogen-bond acceptors (Lipinski definition) is 6. The zero-order valence-corrected chi connectivity index (χ0v) is 16.6. The van der Waals surface area contributed by atoms with Gasteiger partial charge in [0.15, 0.2) is 0 Å². The van der Waals surface area contributed by atoms with Gasteiger partial charge in [0.25, 0.3) is 11.8 Å². The quantitative estimate of drug-likeness (QED) is 0.714. The van der Waals surface area contributed by atoms with E-state index < -0.39 is 0 Å². The Hall–Kier alpha value is -3.63. The first-order chi connectivity index (χ1) is 14.6. The number of amides is 2. The molecule has 0 radical (unpaired) electrons. The van der Waals surface area contributed by atoms with E-state index in [1.165, 1.54) is 4.90 Å². The number of anilines is 1. The molecule has 0 atom stereocenters. The lowest BCUT2D eigenvalue weighted by Crippen LogP contribution is -2.40. The second-order valence-electron chi connectivity index (χ2n) is 6.88. The summed E-state index contributed by atoms with van der Waals surface area (Å²) in [5.41, 5.74) is 2.32. The molecule has 2 amide bonds. The van der Waals surface area contributed by atoms with Gasteiger partial charge in [-0.3, -0.25) is 9.59 Å². The Kier molecular flexibility index (Phi) is 5.50. The average Bonchev–Trinajstić information content (AvgIpc) is 3.05. The van der Waals surface area contributed by atoms with Gasteiger partial charge in [0, 0.05) is 13.1 Å². The summed E-state index contributed by atoms with van der Waals surface area (Å²) in [6.45, 7) is 4.52. The maximum atomic E-state index is 13.4. The van der Waals surface area contributed by atoms with Gasteiger partial charge in [-0.2, -0.15) is 5.26 Å². The van der Waals surface area contributed by atoms with Crippen LogP contribution < -0.4 is 9.64 Å². The van der Waals surface area contributed by atoms with Crippen molar-refractivity contribution in [2.24, 2.45) is 0 Å². The van der Waals surface area contributed by atoms with Crippen LogP contribution in [-0.2, 0) is 14.3 Å². The van der Waals surface area contributed by atoms with Gasteiger partial charge in [-0.05, 0) is 48.9 Å². The molecule has 152 valence electrons. The van der Waals surface area contributed by atoms with Crippen molar-refractivity contribution in [2.75, 3.05) is 37.8 Å². The Morgan fingerprint density at radius 2 is 1.67 bits per heavy atom. The third-order valence-corrected chi connectivity index (χ3v) is 5.10. The van der Waals surface area contributed by atoms with E-state index in [0.717, 1.165) is 0 Å². The molecule has 0 aromatic heterocycles. The molecule has 0 N–H and O–H groups in total. The zero-order valence-electron chi connectivity index (χ0n) is 16.6. The van der Waals surface area contributed by atoms with Crippen LogP contribution in [-0.4, -0.2) is 49.6 Å². The number of carbonyl (C=O) groups is 2. The maximum absolute atomic E-state index is 13.4. The lowest BCUT2D eigenvalue weighted by Gasteiger charge is -2.29. The largest absolute Gasteiger partial charge is 0.494 e. The number of nitriles is 1. The van der Waals surface area contributed by atoms with E-state index in [1.54, 1.807) is 48.5 Å². The van der Waals surface area contributed by atoms with E-state index >= 15 is 0 Å². The Morgan fingerprint density at radius 3 is 2.27 bits per heavy atom. The van der Waals surface area contributed by atoms with Crippen LogP contribution in [0.1, 0.15) is 18.1 Å². The van der Waals surface area contributed by atoms with Gasteiger partial charge in [-0.25, -0.2) is 4.90 Å². The summed E-state index contributed by atoms with van der Waals surface area (Å²) >= 11 is 0. The highest BCUT2D eigenvalue weighted by molar-refractivity contribution is 6.45. The average molecular weight is 403 g/mol. The Bertz CT molecular complexity index is 1030. The number of benzene rings is 2. The number of nitrogens with zero attached hydrogens (tertiary/aromatic N) is 3. The predicted octanol–water partition coefficient (Wildman–Crippen LogP) is 2.57. The zero-order chi connectivity index (χ0) is 21.1. The van der Waals surface area contributed by atoms with E-state index in [2.05, 4.69) is 0 Å². The third-order valence-electron chi connectivity index (χ3n) is 5.10. The minimum absolute atomic E-state index is 0.365. The third kappa shape index (κ3) is 3.53. The smallest absolute Gasteiger partial charge is 0.282 e. The summed E-state index contributed by atoms with van der Waals surface area (Å²) in [7, 11) is 0. The van der Waals surface area contributed by atoms with Gasteiger partial charge >= 0.3 is 0 Å². The minimum Gasteiger partial charge on any atom is -0.494 e. The molecule has 0 bridgehead atoms. The van der Waals surface area contributed by atoms with E-state index in [1.807, 2.05) is 17.9 Å². The second-order valence-corrected chi connectivity index (χ2v) is 6.88. The Morgan fingerprint density at radius 1 is 1.00 bits per heavy atom. The van der Waals surface area contributed by atoms with Gasteiger partial charge in [0.2, 0.25) is 0 Å². The van der Waals surface area contributed by atoms with Crippen molar-refractivity contribution in [1.29, 1.82) is 5.26 Å². The highest BCUT2D eigenvalue weighted by Crippen LogP contribution is 2.35. The van der Waals surface area contributed by atoms with E-state index in [-0.39, 0.29) is 11.8 Å². The summed E-state index contributed by atoms with van der Waals surface area (Å²) in [6, 6.07) is 15.7. The summed E-state index contributed by atoms with van der Waals surface area (Å²) in [5.74, 6) is -0.0404. The van der Waals surface area contributed by atoms with Crippen LogP contribution in [0.5, 0.6) is 5.75 Å². The van der Waals surface area contributed by atoms with Gasteiger partial charge < -0.3 is 14.4 Å². The highest BCUT2D eigenvalue weighted by Gasteiger charge is 2.42. The number of rotatable bonds is 5. The molecule has 2 aromatic carbocycles. The van der Waals surface area contributed by atoms with Crippen LogP contribution >= 0.6 is 0 Å². The molecule has 4 rings (SSSR count). The van der Waals surface area contributed by atoms with Crippen molar-refractivity contribution in [1.82, 2.24) is 4.90 Å². The molecule has 0 aliphatic carbocycles. The van der Waals surface area contributed by atoms with Crippen LogP contribution in [0, 0.1) is 11.3 Å². The monoisotopic (exact) mass is 403 g/mol. The van der Waals surface area contributed by atoms with Crippen molar-refractivity contribution in [3.8, 4) is 11.8 Å². The number of morpholine rings is 1. The molecule has 2 heterocycles. The first-order valence-corrected chi connectivity index (χ1v) is 9.83. The van der Waals surface area contributed by atoms with Gasteiger partial charge in [0.1, 0.15) is 11.4 Å². The number of imide groups is 1. The molecule has 0 spiro atoms.